The lowest BCUT2D eigenvalue weighted by atomic mass is 9.88. The largest absolute Gasteiger partial charge is 0.469 e. The number of benzene rings is 1. The van der Waals surface area contributed by atoms with Crippen molar-refractivity contribution < 1.29 is 18.3 Å². The number of aromatic nitrogens is 2. The molecule has 0 spiro atoms. The highest BCUT2D eigenvalue weighted by molar-refractivity contribution is 5.76. The number of nitriles is 1. The molecule has 1 aliphatic rings. The van der Waals surface area contributed by atoms with Crippen molar-refractivity contribution in [2.45, 2.75) is 5.92 Å². The lowest BCUT2D eigenvalue weighted by Crippen LogP contribution is -2.25. The monoisotopic (exact) mass is 344 g/mol. The number of ether oxygens (including phenoxy) is 1. The van der Waals surface area contributed by atoms with Gasteiger partial charge in [-0.15, -0.1) is 0 Å². The third-order valence-corrected chi connectivity index (χ3v) is 4.27. The van der Waals surface area contributed by atoms with Gasteiger partial charge in [-0.2, -0.15) is 5.26 Å². The van der Waals surface area contributed by atoms with Gasteiger partial charge in [-0.25, -0.2) is 18.7 Å². The Morgan fingerprint density at radius 1 is 1.32 bits per heavy atom. The van der Waals surface area contributed by atoms with Gasteiger partial charge in [-0.05, 0) is 11.6 Å². The SMILES string of the molecule is COC(=O)[C@H]1CN(c2nccnc2C#N)C[C@@H]1c1ccc(F)cc1F. The van der Waals surface area contributed by atoms with Crippen LogP contribution in [-0.4, -0.2) is 36.1 Å². The van der Waals surface area contributed by atoms with Gasteiger partial charge < -0.3 is 9.64 Å². The summed E-state index contributed by atoms with van der Waals surface area (Å²) in [4.78, 5) is 22.0. The van der Waals surface area contributed by atoms with E-state index in [1.165, 1.54) is 25.6 Å². The molecule has 1 aliphatic heterocycles. The zero-order chi connectivity index (χ0) is 18.0. The summed E-state index contributed by atoms with van der Waals surface area (Å²) in [5, 5.41) is 9.19. The Balaban J connectivity index is 1.99. The average molecular weight is 344 g/mol. The van der Waals surface area contributed by atoms with Gasteiger partial charge in [0.25, 0.3) is 0 Å². The van der Waals surface area contributed by atoms with Crippen molar-refractivity contribution in [2.75, 3.05) is 25.1 Å². The third-order valence-electron chi connectivity index (χ3n) is 4.27. The smallest absolute Gasteiger partial charge is 0.311 e. The van der Waals surface area contributed by atoms with E-state index in [2.05, 4.69) is 9.97 Å². The maximum absolute atomic E-state index is 14.2. The number of rotatable bonds is 3. The number of carbonyl (C=O) groups is 1. The van der Waals surface area contributed by atoms with Crippen LogP contribution in [0.4, 0.5) is 14.6 Å². The molecule has 128 valence electrons. The first-order valence-corrected chi connectivity index (χ1v) is 7.54. The molecular formula is C17H14F2N4O2. The minimum Gasteiger partial charge on any atom is -0.469 e. The van der Waals surface area contributed by atoms with Crippen molar-refractivity contribution in [2.24, 2.45) is 5.92 Å². The molecule has 0 radical (unpaired) electrons. The molecule has 1 aromatic carbocycles. The Morgan fingerprint density at radius 2 is 2.08 bits per heavy atom. The van der Waals surface area contributed by atoms with E-state index in [-0.39, 0.29) is 24.3 Å². The normalized spacial score (nSPS) is 19.5. The molecule has 25 heavy (non-hydrogen) atoms. The Kier molecular flexibility index (Phi) is 4.57. The number of nitrogens with zero attached hydrogens (tertiary/aromatic N) is 4. The number of halogens is 2. The Morgan fingerprint density at radius 3 is 2.76 bits per heavy atom. The maximum atomic E-state index is 14.2. The van der Waals surface area contributed by atoms with E-state index in [0.717, 1.165) is 12.1 Å². The third kappa shape index (κ3) is 3.13. The van der Waals surface area contributed by atoms with Crippen molar-refractivity contribution in [1.82, 2.24) is 9.97 Å². The number of hydrogen-bond donors (Lipinski definition) is 0. The van der Waals surface area contributed by atoms with E-state index in [9.17, 15) is 18.8 Å². The first kappa shape index (κ1) is 16.8. The number of methoxy groups -OCH3 is 1. The summed E-state index contributed by atoms with van der Waals surface area (Å²) in [5.41, 5.74) is 0.341. The Bertz CT molecular complexity index is 853. The second kappa shape index (κ2) is 6.81. The van der Waals surface area contributed by atoms with Crippen LogP contribution < -0.4 is 4.90 Å². The molecule has 0 N–H and O–H groups in total. The predicted octanol–water partition coefficient (Wildman–Crippen LogP) is 2.02. The number of esters is 1. The molecule has 0 unspecified atom stereocenters. The molecule has 2 aromatic rings. The molecule has 0 bridgehead atoms. The lowest BCUT2D eigenvalue weighted by Gasteiger charge is -2.18. The number of hydrogen-bond acceptors (Lipinski definition) is 6. The van der Waals surface area contributed by atoms with Gasteiger partial charge in [0.15, 0.2) is 11.5 Å². The van der Waals surface area contributed by atoms with Gasteiger partial charge in [-0.3, -0.25) is 4.79 Å². The van der Waals surface area contributed by atoms with Crippen molar-refractivity contribution in [3.8, 4) is 6.07 Å². The summed E-state index contributed by atoms with van der Waals surface area (Å²) < 4.78 is 32.3. The summed E-state index contributed by atoms with van der Waals surface area (Å²) in [6, 6.07) is 5.22. The summed E-state index contributed by atoms with van der Waals surface area (Å²) in [6.45, 7) is 0.428. The molecule has 1 fully saturated rings. The summed E-state index contributed by atoms with van der Waals surface area (Å²) >= 11 is 0. The molecular weight excluding hydrogens is 330 g/mol. The molecule has 2 atom stereocenters. The molecule has 3 rings (SSSR count). The lowest BCUT2D eigenvalue weighted by molar-refractivity contribution is -0.145. The minimum absolute atomic E-state index is 0.117. The second-order valence-electron chi connectivity index (χ2n) is 5.65. The van der Waals surface area contributed by atoms with E-state index < -0.39 is 29.4 Å². The van der Waals surface area contributed by atoms with Crippen molar-refractivity contribution in [3.63, 3.8) is 0 Å². The van der Waals surface area contributed by atoms with Crippen LogP contribution in [0.1, 0.15) is 17.2 Å². The second-order valence-corrected chi connectivity index (χ2v) is 5.65. The van der Waals surface area contributed by atoms with Gasteiger partial charge >= 0.3 is 5.97 Å². The van der Waals surface area contributed by atoms with Crippen LogP contribution >= 0.6 is 0 Å². The van der Waals surface area contributed by atoms with Crippen molar-refractivity contribution >= 4 is 11.8 Å². The standard InChI is InChI=1S/C17H14F2N4O2/c1-25-17(24)13-9-23(16-15(7-20)21-4-5-22-16)8-12(13)11-3-2-10(18)6-14(11)19/h2-6,12-13H,8-9H2,1H3/t12-,13+/m1/s1. The quantitative estimate of drug-likeness (QED) is 0.793. The molecule has 6 nitrogen and oxygen atoms in total. The molecule has 8 heteroatoms. The van der Waals surface area contributed by atoms with Crippen molar-refractivity contribution in [3.05, 3.63) is 53.5 Å². The molecule has 0 aliphatic carbocycles. The van der Waals surface area contributed by atoms with Gasteiger partial charge in [-0.1, -0.05) is 6.07 Å². The van der Waals surface area contributed by atoms with E-state index in [0.29, 0.717) is 5.82 Å². The molecule has 0 saturated carbocycles. The van der Waals surface area contributed by atoms with E-state index in [4.69, 9.17) is 4.74 Å². The molecule has 1 saturated heterocycles. The summed E-state index contributed by atoms with van der Waals surface area (Å²) in [5.74, 6) is -2.81. The van der Waals surface area contributed by atoms with Crippen LogP contribution in [0.3, 0.4) is 0 Å². The van der Waals surface area contributed by atoms with E-state index in [1.807, 2.05) is 6.07 Å². The number of carbonyl (C=O) groups excluding carboxylic acids is 1. The summed E-state index contributed by atoms with van der Waals surface area (Å²) in [7, 11) is 1.26. The zero-order valence-electron chi connectivity index (χ0n) is 13.3. The average Bonchev–Trinajstić information content (AvgIpc) is 3.05. The highest BCUT2D eigenvalue weighted by Crippen LogP contribution is 2.37. The van der Waals surface area contributed by atoms with E-state index >= 15 is 0 Å². The highest BCUT2D eigenvalue weighted by Gasteiger charge is 2.41. The predicted molar refractivity (Wildman–Crippen MR) is 83.6 cm³/mol. The first-order chi connectivity index (χ1) is 12.0. The van der Waals surface area contributed by atoms with Crippen LogP contribution in [0.25, 0.3) is 0 Å². The Hall–Kier alpha value is -3.08. The highest BCUT2D eigenvalue weighted by atomic mass is 19.1. The van der Waals surface area contributed by atoms with E-state index in [1.54, 1.807) is 4.90 Å². The van der Waals surface area contributed by atoms with Gasteiger partial charge in [0.1, 0.15) is 17.7 Å². The van der Waals surface area contributed by atoms with Crippen LogP contribution in [0.2, 0.25) is 0 Å². The molecule has 2 heterocycles. The van der Waals surface area contributed by atoms with Crippen LogP contribution in [-0.2, 0) is 9.53 Å². The topological polar surface area (TPSA) is 79.1 Å². The molecule has 0 amide bonds. The zero-order valence-corrected chi connectivity index (χ0v) is 13.3. The minimum atomic E-state index is -0.722. The van der Waals surface area contributed by atoms with Crippen LogP contribution in [0.5, 0.6) is 0 Å². The van der Waals surface area contributed by atoms with Crippen molar-refractivity contribution in [1.29, 1.82) is 5.26 Å². The maximum Gasteiger partial charge on any atom is 0.311 e. The van der Waals surface area contributed by atoms with Gasteiger partial charge in [0, 0.05) is 37.5 Å². The van der Waals surface area contributed by atoms with Crippen LogP contribution in [0.15, 0.2) is 30.6 Å². The van der Waals surface area contributed by atoms with Gasteiger partial charge in [0.05, 0.1) is 13.0 Å². The first-order valence-electron chi connectivity index (χ1n) is 7.54. The fourth-order valence-corrected chi connectivity index (χ4v) is 3.13. The van der Waals surface area contributed by atoms with Crippen LogP contribution in [0, 0.1) is 28.9 Å². The fraction of sp³-hybridized carbons (Fsp3) is 0.294. The number of anilines is 1. The Labute approximate surface area is 142 Å². The summed E-state index contributed by atoms with van der Waals surface area (Å²) in [6.07, 6.45) is 2.84. The van der Waals surface area contributed by atoms with Gasteiger partial charge in [0.2, 0.25) is 0 Å². The fourth-order valence-electron chi connectivity index (χ4n) is 3.13. The molecule has 1 aromatic heterocycles.